The molecule has 2 atom stereocenters. The van der Waals surface area contributed by atoms with Crippen molar-refractivity contribution < 1.29 is 14.3 Å². The summed E-state index contributed by atoms with van der Waals surface area (Å²) in [6.07, 6.45) is 1.09. The summed E-state index contributed by atoms with van der Waals surface area (Å²) in [6, 6.07) is 5.46. The highest BCUT2D eigenvalue weighted by Crippen LogP contribution is 2.20. The predicted octanol–water partition coefficient (Wildman–Crippen LogP) is 2.57. The first-order valence-electron chi connectivity index (χ1n) is 6.87. The zero-order valence-corrected chi connectivity index (χ0v) is 13.2. The summed E-state index contributed by atoms with van der Waals surface area (Å²) < 4.78 is 12.9. The summed E-state index contributed by atoms with van der Waals surface area (Å²) in [7, 11) is 1.74. The minimum absolute atomic E-state index is 0.224. The average molecular weight is 323 g/mol. The Bertz CT molecular complexity index is 630. The zero-order chi connectivity index (χ0) is 16.1. The van der Waals surface area contributed by atoms with Crippen molar-refractivity contribution in [3.8, 4) is 0 Å². The molecule has 2 unspecified atom stereocenters. The molecule has 5 nitrogen and oxygen atoms in total. The molecule has 0 saturated heterocycles. The zero-order valence-electron chi connectivity index (χ0n) is 12.3. The van der Waals surface area contributed by atoms with Crippen LogP contribution in [0, 0.1) is 5.82 Å². The lowest BCUT2D eigenvalue weighted by Crippen LogP contribution is -2.33. The van der Waals surface area contributed by atoms with Gasteiger partial charge in [0.2, 0.25) is 0 Å². The Morgan fingerprint density at radius 3 is 2.68 bits per heavy atom. The van der Waals surface area contributed by atoms with Gasteiger partial charge in [-0.2, -0.15) is 0 Å². The molecule has 1 aromatic heterocycles. The molecule has 2 aromatic rings. The van der Waals surface area contributed by atoms with E-state index in [1.165, 1.54) is 41.8 Å². The van der Waals surface area contributed by atoms with E-state index in [2.05, 4.69) is 15.6 Å². The number of halogens is 1. The molecule has 0 saturated carbocycles. The fourth-order valence-corrected chi connectivity index (χ4v) is 2.68. The monoisotopic (exact) mass is 323 g/mol. The molecular weight excluding hydrogens is 305 g/mol. The van der Waals surface area contributed by atoms with Gasteiger partial charge in [0.05, 0.1) is 12.3 Å². The number of rotatable bonds is 6. The number of nitrogens with zero attached hydrogens (tertiary/aromatic N) is 1. The van der Waals surface area contributed by atoms with Crippen LogP contribution in [0.3, 0.4) is 0 Å². The Balaban J connectivity index is 1.90. The van der Waals surface area contributed by atoms with Gasteiger partial charge < -0.3 is 15.7 Å². The fourth-order valence-electron chi connectivity index (χ4n) is 2.00. The quantitative estimate of drug-likeness (QED) is 0.764. The Morgan fingerprint density at radius 2 is 2.09 bits per heavy atom. The van der Waals surface area contributed by atoms with Crippen LogP contribution < -0.4 is 10.6 Å². The number of anilines is 1. The second-order valence-electron chi connectivity index (χ2n) is 4.96. The summed E-state index contributed by atoms with van der Waals surface area (Å²) in [4.78, 5) is 16.6. The summed E-state index contributed by atoms with van der Waals surface area (Å²) in [5.74, 6) is -0.569. The van der Waals surface area contributed by atoms with Gasteiger partial charge in [-0.3, -0.25) is 4.79 Å². The molecule has 118 valence electrons. The molecule has 0 radical (unpaired) electrons. The maximum Gasteiger partial charge on any atom is 0.263 e. The van der Waals surface area contributed by atoms with Gasteiger partial charge in [-0.15, -0.1) is 0 Å². The van der Waals surface area contributed by atoms with Gasteiger partial charge in [0.15, 0.2) is 5.13 Å². The first kappa shape index (κ1) is 16.4. The number of carbonyl (C=O) groups excluding carboxylic acids is 1. The van der Waals surface area contributed by atoms with Crippen molar-refractivity contribution in [2.75, 3.05) is 12.4 Å². The maximum absolute atomic E-state index is 12.9. The smallest absolute Gasteiger partial charge is 0.263 e. The third-order valence-electron chi connectivity index (χ3n) is 3.15. The summed E-state index contributed by atoms with van der Waals surface area (Å²) in [5.41, 5.74) is 0.623. The van der Waals surface area contributed by atoms with Crippen LogP contribution in [0.2, 0.25) is 0 Å². The van der Waals surface area contributed by atoms with Crippen molar-refractivity contribution >= 4 is 22.4 Å². The number of aromatic nitrogens is 1. The van der Waals surface area contributed by atoms with Gasteiger partial charge in [0.25, 0.3) is 5.91 Å². The van der Waals surface area contributed by atoms with E-state index in [1.54, 1.807) is 7.05 Å². The van der Waals surface area contributed by atoms with Crippen LogP contribution in [0.25, 0.3) is 0 Å². The largest absolute Gasteiger partial charge is 0.388 e. The lowest BCUT2D eigenvalue weighted by atomic mass is 10.0. The van der Waals surface area contributed by atoms with Crippen molar-refractivity contribution in [3.63, 3.8) is 0 Å². The summed E-state index contributed by atoms with van der Waals surface area (Å²) in [5, 5.41) is 16.5. The average Bonchev–Trinajstić information content (AvgIpc) is 2.96. The highest BCUT2D eigenvalue weighted by atomic mass is 32.1. The van der Waals surface area contributed by atoms with Crippen LogP contribution in [0.1, 0.15) is 34.7 Å². The van der Waals surface area contributed by atoms with E-state index in [9.17, 15) is 14.3 Å². The number of aliphatic hydroxyl groups is 1. The molecular formula is C15H18FN3O2S. The highest BCUT2D eigenvalue weighted by molar-refractivity contribution is 7.17. The molecule has 22 heavy (non-hydrogen) atoms. The van der Waals surface area contributed by atoms with E-state index in [-0.39, 0.29) is 17.8 Å². The number of carbonyl (C=O) groups is 1. The van der Waals surface area contributed by atoms with Crippen molar-refractivity contribution in [1.29, 1.82) is 0 Å². The second kappa shape index (κ2) is 7.33. The molecule has 3 N–H and O–H groups in total. The van der Waals surface area contributed by atoms with Crippen LogP contribution in [0.5, 0.6) is 0 Å². The Kier molecular flexibility index (Phi) is 5.46. The topological polar surface area (TPSA) is 74.2 Å². The lowest BCUT2D eigenvalue weighted by molar-refractivity contribution is 0.0921. The summed E-state index contributed by atoms with van der Waals surface area (Å²) >= 11 is 1.26. The predicted molar refractivity (Wildman–Crippen MR) is 84.6 cm³/mol. The minimum Gasteiger partial charge on any atom is -0.388 e. The summed E-state index contributed by atoms with van der Waals surface area (Å²) in [6.45, 7) is 1.81. The van der Waals surface area contributed by atoms with E-state index in [1.807, 2.05) is 6.92 Å². The van der Waals surface area contributed by atoms with Gasteiger partial charge in [0, 0.05) is 13.1 Å². The first-order chi connectivity index (χ1) is 10.5. The fraction of sp³-hybridized carbons (Fsp3) is 0.333. The van der Waals surface area contributed by atoms with Crippen molar-refractivity contribution in [1.82, 2.24) is 10.3 Å². The molecule has 0 aliphatic rings. The van der Waals surface area contributed by atoms with Gasteiger partial charge in [-0.05, 0) is 31.0 Å². The van der Waals surface area contributed by atoms with E-state index in [0.717, 1.165) is 0 Å². The molecule has 0 fully saturated rings. The number of benzene rings is 1. The third-order valence-corrected chi connectivity index (χ3v) is 4.17. The standard InChI is InChI=1S/C15H18FN3O2S/c1-9(7-12(20)10-3-5-11(16)6-4-10)19-14(21)13-8-18-15(17-2)22-13/h3-6,8-9,12,20H,7H2,1-2H3,(H,17,18)(H,19,21). The lowest BCUT2D eigenvalue weighted by Gasteiger charge is -2.17. The number of aliphatic hydroxyl groups excluding tert-OH is 1. The Hall–Kier alpha value is -1.99. The van der Waals surface area contributed by atoms with Crippen LogP contribution in [-0.2, 0) is 0 Å². The molecule has 7 heteroatoms. The Morgan fingerprint density at radius 1 is 1.41 bits per heavy atom. The second-order valence-corrected chi connectivity index (χ2v) is 5.99. The molecule has 0 aliphatic carbocycles. The third kappa shape index (κ3) is 4.25. The number of hydrogen-bond donors (Lipinski definition) is 3. The van der Waals surface area contributed by atoms with Gasteiger partial charge in [-0.1, -0.05) is 23.5 Å². The van der Waals surface area contributed by atoms with Crippen molar-refractivity contribution in [3.05, 3.63) is 46.7 Å². The SMILES string of the molecule is CNc1ncc(C(=O)NC(C)CC(O)c2ccc(F)cc2)s1. The normalized spacial score (nSPS) is 13.5. The van der Waals surface area contributed by atoms with Gasteiger partial charge in [-0.25, -0.2) is 9.37 Å². The molecule has 0 aliphatic heterocycles. The minimum atomic E-state index is -0.759. The van der Waals surface area contributed by atoms with Gasteiger partial charge in [0.1, 0.15) is 10.7 Å². The molecule has 2 rings (SSSR count). The maximum atomic E-state index is 12.9. The molecule has 0 spiro atoms. The van der Waals surface area contributed by atoms with Crippen LogP contribution in [-0.4, -0.2) is 29.1 Å². The van der Waals surface area contributed by atoms with Crippen LogP contribution in [0.15, 0.2) is 30.5 Å². The molecule has 1 amide bonds. The molecule has 0 bridgehead atoms. The van der Waals surface area contributed by atoms with E-state index >= 15 is 0 Å². The Labute approximate surface area is 132 Å². The van der Waals surface area contributed by atoms with Crippen molar-refractivity contribution in [2.24, 2.45) is 0 Å². The van der Waals surface area contributed by atoms with Crippen molar-refractivity contribution in [2.45, 2.75) is 25.5 Å². The highest BCUT2D eigenvalue weighted by Gasteiger charge is 2.17. The molecule has 1 heterocycles. The van der Waals surface area contributed by atoms with E-state index < -0.39 is 6.10 Å². The van der Waals surface area contributed by atoms with Crippen LogP contribution in [0.4, 0.5) is 9.52 Å². The molecule has 1 aromatic carbocycles. The van der Waals surface area contributed by atoms with E-state index in [0.29, 0.717) is 22.0 Å². The van der Waals surface area contributed by atoms with Crippen LogP contribution >= 0.6 is 11.3 Å². The number of thiazole rings is 1. The number of nitrogens with one attached hydrogen (secondary N) is 2. The first-order valence-corrected chi connectivity index (χ1v) is 7.69. The van der Waals surface area contributed by atoms with Gasteiger partial charge >= 0.3 is 0 Å². The van der Waals surface area contributed by atoms with E-state index in [4.69, 9.17) is 0 Å². The number of amides is 1. The number of hydrogen-bond acceptors (Lipinski definition) is 5.